The van der Waals surface area contributed by atoms with Crippen molar-refractivity contribution in [3.05, 3.63) is 29.8 Å². The standard InChI is InChI=1S/C10H11ClN2O2S/c1-13-16(14,15)10-5-3-2-4-9(10)8(6-11)7-12/h2-5,8,13H,6H2,1H3. The molecule has 86 valence electrons. The highest BCUT2D eigenvalue weighted by atomic mass is 35.5. The molecule has 0 aliphatic heterocycles. The molecule has 0 heterocycles. The highest BCUT2D eigenvalue weighted by Gasteiger charge is 2.21. The topological polar surface area (TPSA) is 70.0 Å². The fourth-order valence-corrected chi connectivity index (χ4v) is 2.54. The van der Waals surface area contributed by atoms with Crippen LogP contribution >= 0.6 is 11.6 Å². The van der Waals surface area contributed by atoms with E-state index in [2.05, 4.69) is 4.72 Å². The summed E-state index contributed by atoms with van der Waals surface area (Å²) in [4.78, 5) is 0.102. The van der Waals surface area contributed by atoms with Crippen LogP contribution in [0.4, 0.5) is 0 Å². The summed E-state index contributed by atoms with van der Waals surface area (Å²) in [7, 11) is -2.23. The molecular formula is C10H11ClN2O2S. The van der Waals surface area contributed by atoms with E-state index in [0.29, 0.717) is 5.56 Å². The molecule has 1 rings (SSSR count). The van der Waals surface area contributed by atoms with Gasteiger partial charge in [0.25, 0.3) is 0 Å². The third-order valence-electron chi connectivity index (χ3n) is 2.16. The van der Waals surface area contributed by atoms with Crippen LogP contribution in [0.3, 0.4) is 0 Å². The number of benzene rings is 1. The summed E-state index contributed by atoms with van der Waals surface area (Å²) in [6.07, 6.45) is 0. The van der Waals surface area contributed by atoms with Crippen LogP contribution in [0, 0.1) is 11.3 Å². The van der Waals surface area contributed by atoms with Crippen molar-refractivity contribution >= 4 is 21.6 Å². The van der Waals surface area contributed by atoms with Crippen molar-refractivity contribution < 1.29 is 8.42 Å². The summed E-state index contributed by atoms with van der Waals surface area (Å²) >= 11 is 5.63. The fourth-order valence-electron chi connectivity index (χ4n) is 1.31. The molecule has 0 amide bonds. The molecule has 1 aromatic carbocycles. The molecule has 0 saturated heterocycles. The molecule has 0 saturated carbocycles. The van der Waals surface area contributed by atoms with Crippen LogP contribution in [-0.2, 0) is 10.0 Å². The number of nitrogens with one attached hydrogen (secondary N) is 1. The van der Waals surface area contributed by atoms with Crippen molar-refractivity contribution in [3.63, 3.8) is 0 Å². The molecule has 0 aliphatic carbocycles. The summed E-state index contributed by atoms with van der Waals surface area (Å²) in [6, 6.07) is 8.32. The molecule has 6 heteroatoms. The van der Waals surface area contributed by atoms with Crippen LogP contribution in [0.5, 0.6) is 0 Å². The third-order valence-corrected chi connectivity index (χ3v) is 3.96. The van der Waals surface area contributed by atoms with Crippen molar-refractivity contribution in [2.75, 3.05) is 12.9 Å². The van der Waals surface area contributed by atoms with E-state index in [4.69, 9.17) is 16.9 Å². The molecule has 0 aromatic heterocycles. The van der Waals surface area contributed by atoms with Crippen LogP contribution < -0.4 is 4.72 Å². The number of hydrogen-bond acceptors (Lipinski definition) is 3. The van der Waals surface area contributed by atoms with Gasteiger partial charge in [-0.2, -0.15) is 5.26 Å². The van der Waals surface area contributed by atoms with E-state index in [1.807, 2.05) is 6.07 Å². The predicted molar refractivity (Wildman–Crippen MR) is 61.8 cm³/mol. The smallest absolute Gasteiger partial charge is 0.214 e. The van der Waals surface area contributed by atoms with Crippen LogP contribution in [-0.4, -0.2) is 21.3 Å². The summed E-state index contributed by atoms with van der Waals surface area (Å²) in [5, 5.41) is 8.89. The predicted octanol–water partition coefficient (Wildman–Crippen LogP) is 1.44. The molecule has 0 spiro atoms. The molecule has 16 heavy (non-hydrogen) atoms. The van der Waals surface area contributed by atoms with E-state index < -0.39 is 15.9 Å². The molecule has 1 unspecified atom stereocenters. The van der Waals surface area contributed by atoms with Crippen LogP contribution in [0.25, 0.3) is 0 Å². The third kappa shape index (κ3) is 2.53. The quantitative estimate of drug-likeness (QED) is 0.831. The Hall–Kier alpha value is -1.09. The highest BCUT2D eigenvalue weighted by molar-refractivity contribution is 7.89. The van der Waals surface area contributed by atoms with Gasteiger partial charge in [-0.05, 0) is 18.7 Å². The molecule has 0 aliphatic rings. The normalized spacial score (nSPS) is 13.1. The lowest BCUT2D eigenvalue weighted by molar-refractivity contribution is 0.586. The van der Waals surface area contributed by atoms with Gasteiger partial charge in [0.15, 0.2) is 0 Å². The molecule has 0 radical (unpaired) electrons. The maximum absolute atomic E-state index is 11.7. The second-order valence-electron chi connectivity index (χ2n) is 3.08. The summed E-state index contributed by atoms with van der Waals surface area (Å²) < 4.78 is 25.6. The Bertz CT molecular complexity index is 508. The largest absolute Gasteiger partial charge is 0.240 e. The Labute approximate surface area is 99.9 Å². The number of rotatable bonds is 4. The second kappa shape index (κ2) is 5.30. The van der Waals surface area contributed by atoms with E-state index in [0.717, 1.165) is 0 Å². The number of alkyl halides is 1. The molecule has 0 bridgehead atoms. The van der Waals surface area contributed by atoms with Gasteiger partial charge in [-0.15, -0.1) is 11.6 Å². The number of halogens is 1. The monoisotopic (exact) mass is 258 g/mol. The SMILES string of the molecule is CNS(=O)(=O)c1ccccc1C(C#N)CCl. The fraction of sp³-hybridized carbons (Fsp3) is 0.300. The van der Waals surface area contributed by atoms with Crippen LogP contribution in [0.2, 0.25) is 0 Å². The van der Waals surface area contributed by atoms with Gasteiger partial charge in [-0.25, -0.2) is 13.1 Å². The van der Waals surface area contributed by atoms with E-state index in [-0.39, 0.29) is 10.8 Å². The van der Waals surface area contributed by atoms with Crippen molar-refractivity contribution in [1.29, 1.82) is 5.26 Å². The zero-order chi connectivity index (χ0) is 12.2. The first kappa shape index (κ1) is 13.0. The van der Waals surface area contributed by atoms with Gasteiger partial charge in [0.1, 0.15) is 0 Å². The lowest BCUT2D eigenvalue weighted by Crippen LogP contribution is -2.21. The van der Waals surface area contributed by atoms with Crippen molar-refractivity contribution in [3.8, 4) is 6.07 Å². The molecule has 0 fully saturated rings. The van der Waals surface area contributed by atoms with Crippen molar-refractivity contribution in [1.82, 2.24) is 4.72 Å². The van der Waals surface area contributed by atoms with Crippen LogP contribution in [0.15, 0.2) is 29.2 Å². The lowest BCUT2D eigenvalue weighted by atomic mass is 10.0. The minimum Gasteiger partial charge on any atom is -0.214 e. The Balaban J connectivity index is 3.38. The number of hydrogen-bond donors (Lipinski definition) is 1. The van der Waals surface area contributed by atoms with E-state index >= 15 is 0 Å². The Kier molecular flexibility index (Phi) is 4.30. The first-order chi connectivity index (χ1) is 7.56. The van der Waals surface area contributed by atoms with Gasteiger partial charge in [-0.1, -0.05) is 18.2 Å². The molecule has 1 N–H and O–H groups in total. The van der Waals surface area contributed by atoms with Gasteiger partial charge in [0.05, 0.1) is 16.9 Å². The summed E-state index contributed by atoms with van der Waals surface area (Å²) in [6.45, 7) is 0. The molecule has 1 atom stereocenters. The maximum atomic E-state index is 11.7. The summed E-state index contributed by atoms with van der Waals surface area (Å²) in [5.41, 5.74) is 0.425. The Morgan fingerprint density at radius 2 is 2.12 bits per heavy atom. The maximum Gasteiger partial charge on any atom is 0.240 e. The number of sulfonamides is 1. The van der Waals surface area contributed by atoms with Gasteiger partial charge >= 0.3 is 0 Å². The van der Waals surface area contributed by atoms with Crippen molar-refractivity contribution in [2.24, 2.45) is 0 Å². The van der Waals surface area contributed by atoms with Crippen molar-refractivity contribution in [2.45, 2.75) is 10.8 Å². The lowest BCUT2D eigenvalue weighted by Gasteiger charge is -2.11. The first-order valence-electron chi connectivity index (χ1n) is 4.55. The average molecular weight is 259 g/mol. The average Bonchev–Trinajstić information content (AvgIpc) is 2.31. The molecular weight excluding hydrogens is 248 g/mol. The van der Waals surface area contributed by atoms with E-state index in [9.17, 15) is 8.42 Å². The first-order valence-corrected chi connectivity index (χ1v) is 6.56. The zero-order valence-electron chi connectivity index (χ0n) is 8.64. The molecule has 4 nitrogen and oxygen atoms in total. The van der Waals surface area contributed by atoms with Gasteiger partial charge in [0.2, 0.25) is 10.0 Å². The van der Waals surface area contributed by atoms with E-state index in [1.54, 1.807) is 18.2 Å². The van der Waals surface area contributed by atoms with E-state index in [1.165, 1.54) is 13.1 Å². The van der Waals surface area contributed by atoms with Gasteiger partial charge in [0, 0.05) is 5.88 Å². The second-order valence-corrected chi connectivity index (χ2v) is 5.24. The number of nitrogens with zero attached hydrogens (tertiary/aromatic N) is 1. The van der Waals surface area contributed by atoms with Crippen LogP contribution in [0.1, 0.15) is 11.5 Å². The minimum atomic E-state index is -3.55. The minimum absolute atomic E-state index is 0.0622. The molecule has 1 aromatic rings. The van der Waals surface area contributed by atoms with Gasteiger partial charge in [-0.3, -0.25) is 0 Å². The zero-order valence-corrected chi connectivity index (χ0v) is 10.2. The highest BCUT2D eigenvalue weighted by Crippen LogP contribution is 2.24. The van der Waals surface area contributed by atoms with Gasteiger partial charge < -0.3 is 0 Å². The Morgan fingerprint density at radius 3 is 2.62 bits per heavy atom. The number of nitriles is 1. The summed E-state index contributed by atoms with van der Waals surface area (Å²) in [5.74, 6) is -0.562. The Morgan fingerprint density at radius 1 is 1.50 bits per heavy atom.